The Morgan fingerprint density at radius 3 is 2.13 bits per heavy atom. The van der Waals surface area contributed by atoms with Gasteiger partial charge in [-0.25, -0.2) is 0 Å². The van der Waals surface area contributed by atoms with Crippen LogP contribution in [0.3, 0.4) is 0 Å². The van der Waals surface area contributed by atoms with Crippen molar-refractivity contribution in [2.24, 2.45) is 0 Å². The Kier molecular flexibility index (Phi) is 6.37. The van der Waals surface area contributed by atoms with Gasteiger partial charge in [0.25, 0.3) is 0 Å². The van der Waals surface area contributed by atoms with Crippen molar-refractivity contribution in [1.82, 2.24) is 0 Å². The average molecular weight is 224 g/mol. The zero-order valence-corrected chi connectivity index (χ0v) is 8.28. The molecule has 0 aliphatic rings. The van der Waals surface area contributed by atoms with E-state index >= 15 is 0 Å². The van der Waals surface area contributed by atoms with Gasteiger partial charge in [0.2, 0.25) is 6.29 Å². The van der Waals surface area contributed by atoms with Crippen molar-refractivity contribution in [2.45, 2.75) is 37.9 Å². The van der Waals surface area contributed by atoms with E-state index in [0.29, 0.717) is 0 Å². The standard InChI is InChI=1S/C8H16O7/c1-2-5(11)15-8(14)7(13)6(12)4(10)3-9/h4,6-10,12-14H,2-3H2,1H3/t4-,6-,7+,8?/m1/s1. The molecule has 0 bridgehead atoms. The van der Waals surface area contributed by atoms with E-state index in [0.717, 1.165) is 0 Å². The maximum Gasteiger partial charge on any atom is 0.307 e. The molecule has 0 aromatic carbocycles. The molecule has 0 heterocycles. The van der Waals surface area contributed by atoms with Gasteiger partial charge in [0.15, 0.2) is 0 Å². The molecule has 0 rings (SSSR count). The van der Waals surface area contributed by atoms with Gasteiger partial charge in [0, 0.05) is 6.42 Å². The molecular weight excluding hydrogens is 208 g/mol. The number of hydrogen-bond donors (Lipinski definition) is 5. The van der Waals surface area contributed by atoms with Crippen LogP contribution in [-0.4, -0.2) is 62.7 Å². The topological polar surface area (TPSA) is 127 Å². The van der Waals surface area contributed by atoms with Crippen LogP contribution in [0.2, 0.25) is 0 Å². The number of carbonyl (C=O) groups is 1. The molecule has 0 spiro atoms. The molecule has 0 amide bonds. The Balaban J connectivity index is 4.18. The first-order valence-electron chi connectivity index (χ1n) is 4.46. The second-order valence-corrected chi connectivity index (χ2v) is 2.97. The number of aliphatic hydroxyl groups is 5. The van der Waals surface area contributed by atoms with Gasteiger partial charge in [-0.1, -0.05) is 6.92 Å². The van der Waals surface area contributed by atoms with E-state index in [4.69, 9.17) is 20.4 Å². The monoisotopic (exact) mass is 224 g/mol. The minimum absolute atomic E-state index is 0.00241. The first-order chi connectivity index (χ1) is 6.93. The first kappa shape index (κ1) is 14.3. The minimum Gasteiger partial charge on any atom is -0.433 e. The second kappa shape index (κ2) is 6.70. The fourth-order valence-corrected chi connectivity index (χ4v) is 0.792. The van der Waals surface area contributed by atoms with Crippen molar-refractivity contribution in [3.63, 3.8) is 0 Å². The van der Waals surface area contributed by atoms with E-state index in [1.165, 1.54) is 6.92 Å². The average Bonchev–Trinajstić information content (AvgIpc) is 2.25. The summed E-state index contributed by atoms with van der Waals surface area (Å²) in [6.45, 7) is 0.701. The lowest BCUT2D eigenvalue weighted by Crippen LogP contribution is -2.47. The summed E-state index contributed by atoms with van der Waals surface area (Å²) in [5.74, 6) is -0.757. The summed E-state index contributed by atoms with van der Waals surface area (Å²) in [6, 6.07) is 0. The van der Waals surface area contributed by atoms with Gasteiger partial charge < -0.3 is 30.3 Å². The van der Waals surface area contributed by atoms with Crippen molar-refractivity contribution in [2.75, 3.05) is 6.61 Å². The second-order valence-electron chi connectivity index (χ2n) is 2.97. The normalized spacial score (nSPS) is 19.1. The van der Waals surface area contributed by atoms with E-state index in [-0.39, 0.29) is 6.42 Å². The molecule has 0 aromatic rings. The van der Waals surface area contributed by atoms with Crippen LogP contribution in [0, 0.1) is 0 Å². The van der Waals surface area contributed by atoms with Gasteiger partial charge in [0.05, 0.1) is 6.61 Å². The van der Waals surface area contributed by atoms with E-state index in [1.54, 1.807) is 0 Å². The van der Waals surface area contributed by atoms with Crippen LogP contribution in [0.5, 0.6) is 0 Å². The zero-order valence-electron chi connectivity index (χ0n) is 8.28. The lowest BCUT2D eigenvalue weighted by Gasteiger charge is -2.24. The van der Waals surface area contributed by atoms with Crippen molar-refractivity contribution in [1.29, 1.82) is 0 Å². The number of ether oxygens (including phenoxy) is 1. The van der Waals surface area contributed by atoms with Gasteiger partial charge in [-0.3, -0.25) is 4.79 Å². The minimum atomic E-state index is -1.94. The Labute approximate surface area is 86.5 Å². The van der Waals surface area contributed by atoms with E-state index in [2.05, 4.69) is 4.74 Å². The third-order valence-corrected chi connectivity index (χ3v) is 1.76. The van der Waals surface area contributed by atoms with Crippen LogP contribution < -0.4 is 0 Å². The van der Waals surface area contributed by atoms with Crippen molar-refractivity contribution in [3.05, 3.63) is 0 Å². The zero-order chi connectivity index (χ0) is 12.0. The van der Waals surface area contributed by atoms with Crippen molar-refractivity contribution < 1.29 is 35.1 Å². The summed E-state index contributed by atoms with van der Waals surface area (Å²) in [5.41, 5.74) is 0. The third kappa shape index (κ3) is 4.54. The summed E-state index contributed by atoms with van der Waals surface area (Å²) in [5, 5.41) is 44.8. The van der Waals surface area contributed by atoms with Crippen LogP contribution in [0.25, 0.3) is 0 Å². The van der Waals surface area contributed by atoms with Gasteiger partial charge >= 0.3 is 5.97 Å². The van der Waals surface area contributed by atoms with Gasteiger partial charge in [0.1, 0.15) is 18.3 Å². The molecule has 0 aliphatic heterocycles. The molecule has 0 radical (unpaired) electrons. The molecule has 15 heavy (non-hydrogen) atoms. The molecule has 90 valence electrons. The quantitative estimate of drug-likeness (QED) is 0.246. The largest absolute Gasteiger partial charge is 0.433 e. The molecule has 5 N–H and O–H groups in total. The lowest BCUT2D eigenvalue weighted by molar-refractivity contribution is -0.208. The van der Waals surface area contributed by atoms with Gasteiger partial charge in [-0.15, -0.1) is 0 Å². The number of esters is 1. The molecule has 1 unspecified atom stereocenters. The van der Waals surface area contributed by atoms with Gasteiger partial charge in [-0.05, 0) is 0 Å². The van der Waals surface area contributed by atoms with E-state index in [1.807, 2.05) is 0 Å². The highest BCUT2D eigenvalue weighted by atomic mass is 16.6. The Morgan fingerprint density at radius 2 is 1.73 bits per heavy atom. The van der Waals surface area contributed by atoms with Crippen molar-refractivity contribution in [3.8, 4) is 0 Å². The summed E-state index contributed by atoms with van der Waals surface area (Å²) in [4.78, 5) is 10.7. The molecular formula is C8H16O7. The summed E-state index contributed by atoms with van der Waals surface area (Å²) >= 11 is 0. The molecule has 4 atom stereocenters. The predicted molar refractivity (Wildman–Crippen MR) is 47.5 cm³/mol. The van der Waals surface area contributed by atoms with Crippen LogP contribution in [0.15, 0.2) is 0 Å². The SMILES string of the molecule is CCC(=O)OC(O)[C@@H](O)[C@H](O)[C@H](O)CO. The van der Waals surface area contributed by atoms with Crippen LogP contribution >= 0.6 is 0 Å². The summed E-state index contributed by atoms with van der Waals surface area (Å²) in [6.07, 6.45) is -7.22. The van der Waals surface area contributed by atoms with E-state index < -0.39 is 37.2 Å². The fraction of sp³-hybridized carbons (Fsp3) is 0.875. The fourth-order valence-electron chi connectivity index (χ4n) is 0.792. The predicted octanol–water partition coefficient (Wildman–Crippen LogP) is -2.67. The Hall–Kier alpha value is -0.730. The lowest BCUT2D eigenvalue weighted by atomic mass is 10.1. The van der Waals surface area contributed by atoms with Crippen molar-refractivity contribution >= 4 is 5.97 Å². The smallest absolute Gasteiger partial charge is 0.307 e. The maximum absolute atomic E-state index is 10.7. The molecule has 7 nitrogen and oxygen atoms in total. The number of hydrogen-bond acceptors (Lipinski definition) is 7. The third-order valence-electron chi connectivity index (χ3n) is 1.76. The number of carbonyl (C=O) groups excluding carboxylic acids is 1. The van der Waals surface area contributed by atoms with Crippen LogP contribution in [-0.2, 0) is 9.53 Å². The highest BCUT2D eigenvalue weighted by Gasteiger charge is 2.31. The van der Waals surface area contributed by atoms with Crippen LogP contribution in [0.4, 0.5) is 0 Å². The maximum atomic E-state index is 10.7. The molecule has 0 saturated carbocycles. The molecule has 0 fully saturated rings. The highest BCUT2D eigenvalue weighted by Crippen LogP contribution is 2.06. The Bertz CT molecular complexity index is 195. The highest BCUT2D eigenvalue weighted by molar-refractivity contribution is 5.68. The molecule has 0 aliphatic carbocycles. The van der Waals surface area contributed by atoms with E-state index in [9.17, 15) is 9.90 Å². The number of aliphatic hydroxyl groups excluding tert-OH is 5. The van der Waals surface area contributed by atoms with Crippen LogP contribution in [0.1, 0.15) is 13.3 Å². The van der Waals surface area contributed by atoms with Gasteiger partial charge in [-0.2, -0.15) is 0 Å². The first-order valence-corrected chi connectivity index (χ1v) is 4.46. The molecule has 0 aromatic heterocycles. The molecule has 7 heteroatoms. The summed E-state index contributed by atoms with van der Waals surface area (Å²) in [7, 11) is 0. The summed E-state index contributed by atoms with van der Waals surface area (Å²) < 4.78 is 4.29. The Morgan fingerprint density at radius 1 is 1.20 bits per heavy atom. The number of rotatable bonds is 6. The molecule has 0 saturated heterocycles.